The number of hydrogen-bond acceptors (Lipinski definition) is 7. The van der Waals surface area contributed by atoms with Crippen molar-refractivity contribution in [2.45, 2.75) is 20.0 Å². The lowest BCUT2D eigenvalue weighted by molar-refractivity contribution is 0.256. The highest BCUT2D eigenvalue weighted by molar-refractivity contribution is 5.77. The van der Waals surface area contributed by atoms with Crippen molar-refractivity contribution < 1.29 is 9.26 Å². The first-order valence-corrected chi connectivity index (χ1v) is 9.35. The molecule has 0 saturated heterocycles. The van der Waals surface area contributed by atoms with Crippen LogP contribution in [0.2, 0.25) is 0 Å². The van der Waals surface area contributed by atoms with Crippen LogP contribution in [0.25, 0.3) is 22.3 Å². The highest BCUT2D eigenvalue weighted by atomic mass is 16.5. The molecule has 0 spiro atoms. The smallest absolute Gasteiger partial charge is 0.258 e. The number of rotatable bonds is 7. The zero-order chi connectivity index (χ0) is 20.2. The van der Waals surface area contributed by atoms with Crippen molar-refractivity contribution in [3.8, 4) is 17.1 Å². The largest absolute Gasteiger partial charge is 0.493 e. The second-order valence-corrected chi connectivity index (χ2v) is 6.64. The number of fused-ring (bicyclic) bond motifs is 1. The van der Waals surface area contributed by atoms with Gasteiger partial charge in [-0.15, -0.1) is 0 Å². The molecular weight excluding hydrogens is 370 g/mol. The topological polar surface area (TPSA) is 97.1 Å². The Bertz CT molecular complexity index is 1180. The van der Waals surface area contributed by atoms with E-state index in [9.17, 15) is 4.79 Å². The van der Waals surface area contributed by atoms with Crippen LogP contribution in [0.3, 0.4) is 0 Å². The zero-order valence-electron chi connectivity index (χ0n) is 16.3. The summed E-state index contributed by atoms with van der Waals surface area (Å²) in [7, 11) is 1.90. The Morgan fingerprint density at radius 1 is 1.07 bits per heavy atom. The molecule has 0 radical (unpaired) electrons. The fourth-order valence-corrected chi connectivity index (χ4v) is 3.11. The van der Waals surface area contributed by atoms with Crippen molar-refractivity contribution in [2.75, 3.05) is 13.7 Å². The summed E-state index contributed by atoms with van der Waals surface area (Å²) in [5, 5.41) is 4.66. The van der Waals surface area contributed by atoms with Gasteiger partial charge in [-0.1, -0.05) is 29.4 Å². The minimum Gasteiger partial charge on any atom is -0.493 e. The minimum atomic E-state index is -0.147. The number of ether oxygens (including phenoxy) is 1. The standard InChI is InChI=1S/C21H21N5O3/c1-3-28-17-11-7-5-9-15(17)20-24-19(29-25-20)13-26(2)12-18-22-16-10-6-4-8-14(16)21(27)23-18/h4-11H,3,12-13H2,1-2H3,(H,22,23,27). The normalized spacial score (nSPS) is 11.3. The number of H-pyrrole nitrogens is 1. The zero-order valence-corrected chi connectivity index (χ0v) is 16.3. The van der Waals surface area contributed by atoms with Gasteiger partial charge in [-0.3, -0.25) is 9.69 Å². The number of benzene rings is 2. The summed E-state index contributed by atoms with van der Waals surface area (Å²) in [6.45, 7) is 3.34. The van der Waals surface area contributed by atoms with Gasteiger partial charge in [-0.2, -0.15) is 4.98 Å². The van der Waals surface area contributed by atoms with Crippen LogP contribution in [0.1, 0.15) is 18.6 Å². The van der Waals surface area contributed by atoms with E-state index in [1.807, 2.05) is 61.3 Å². The lowest BCUT2D eigenvalue weighted by Gasteiger charge is -2.13. The Morgan fingerprint density at radius 3 is 2.72 bits per heavy atom. The maximum Gasteiger partial charge on any atom is 0.258 e. The van der Waals surface area contributed by atoms with Gasteiger partial charge in [0.2, 0.25) is 11.7 Å². The molecule has 8 heteroatoms. The predicted octanol–water partition coefficient (Wildman–Crippen LogP) is 3.00. The highest BCUT2D eigenvalue weighted by Crippen LogP contribution is 2.27. The molecule has 4 rings (SSSR count). The quantitative estimate of drug-likeness (QED) is 0.517. The Balaban J connectivity index is 1.49. The third kappa shape index (κ3) is 4.17. The van der Waals surface area contributed by atoms with Crippen molar-refractivity contribution in [1.29, 1.82) is 0 Å². The molecule has 2 heterocycles. The van der Waals surface area contributed by atoms with Crippen LogP contribution >= 0.6 is 0 Å². The number of aromatic nitrogens is 4. The van der Waals surface area contributed by atoms with E-state index in [-0.39, 0.29) is 5.56 Å². The Hall–Kier alpha value is -3.52. The molecule has 2 aromatic carbocycles. The molecule has 0 bridgehead atoms. The molecule has 8 nitrogen and oxygen atoms in total. The van der Waals surface area contributed by atoms with Gasteiger partial charge in [0.1, 0.15) is 11.6 Å². The molecule has 0 aliphatic carbocycles. The number of hydrogen-bond donors (Lipinski definition) is 1. The molecule has 29 heavy (non-hydrogen) atoms. The summed E-state index contributed by atoms with van der Waals surface area (Å²) in [6, 6.07) is 14.9. The number of nitrogens with one attached hydrogen (secondary N) is 1. The summed E-state index contributed by atoms with van der Waals surface area (Å²) in [4.78, 5) is 26.0. The average molecular weight is 391 g/mol. The molecule has 148 valence electrons. The Labute approximate surface area is 167 Å². The van der Waals surface area contributed by atoms with Crippen molar-refractivity contribution >= 4 is 10.9 Å². The second kappa shape index (κ2) is 8.24. The van der Waals surface area contributed by atoms with Crippen molar-refractivity contribution in [2.24, 2.45) is 0 Å². The fourth-order valence-electron chi connectivity index (χ4n) is 3.11. The second-order valence-electron chi connectivity index (χ2n) is 6.64. The van der Waals surface area contributed by atoms with Crippen LogP contribution < -0.4 is 10.3 Å². The van der Waals surface area contributed by atoms with Crippen LogP contribution in [-0.2, 0) is 13.1 Å². The van der Waals surface area contributed by atoms with Gasteiger partial charge in [0.05, 0.1) is 36.2 Å². The average Bonchev–Trinajstić information content (AvgIpc) is 3.17. The first kappa shape index (κ1) is 18.8. The van der Waals surface area contributed by atoms with Gasteiger partial charge in [-0.05, 0) is 38.2 Å². The van der Waals surface area contributed by atoms with Crippen LogP contribution in [0.4, 0.5) is 0 Å². The van der Waals surface area contributed by atoms with Gasteiger partial charge in [0.25, 0.3) is 5.56 Å². The van der Waals surface area contributed by atoms with Crippen molar-refractivity contribution in [3.05, 3.63) is 70.6 Å². The van der Waals surface area contributed by atoms with Crippen molar-refractivity contribution in [1.82, 2.24) is 25.0 Å². The summed E-state index contributed by atoms with van der Waals surface area (Å²) >= 11 is 0. The van der Waals surface area contributed by atoms with E-state index in [1.165, 1.54) is 0 Å². The molecule has 0 fully saturated rings. The van der Waals surface area contributed by atoms with E-state index in [1.54, 1.807) is 6.07 Å². The molecule has 0 atom stereocenters. The third-order valence-electron chi connectivity index (χ3n) is 4.38. The van der Waals surface area contributed by atoms with E-state index in [0.29, 0.717) is 53.9 Å². The van der Waals surface area contributed by atoms with Crippen LogP contribution in [0.15, 0.2) is 57.8 Å². The summed E-state index contributed by atoms with van der Waals surface area (Å²) < 4.78 is 11.0. The van der Waals surface area contributed by atoms with Gasteiger partial charge in [0, 0.05) is 0 Å². The maximum atomic E-state index is 12.2. The first-order valence-electron chi connectivity index (χ1n) is 9.35. The van der Waals surface area contributed by atoms with E-state index < -0.39 is 0 Å². The molecule has 0 aliphatic rings. The van der Waals surface area contributed by atoms with Gasteiger partial charge in [0.15, 0.2) is 0 Å². The number of nitrogens with zero attached hydrogens (tertiary/aromatic N) is 4. The Morgan fingerprint density at radius 2 is 1.86 bits per heavy atom. The molecular formula is C21H21N5O3. The number of para-hydroxylation sites is 2. The monoisotopic (exact) mass is 391 g/mol. The lowest BCUT2D eigenvalue weighted by Crippen LogP contribution is -2.22. The van der Waals surface area contributed by atoms with E-state index >= 15 is 0 Å². The third-order valence-corrected chi connectivity index (χ3v) is 4.38. The molecule has 2 aromatic heterocycles. The summed E-state index contributed by atoms with van der Waals surface area (Å²) in [5.74, 6) is 2.25. The molecule has 1 N–H and O–H groups in total. The highest BCUT2D eigenvalue weighted by Gasteiger charge is 2.15. The predicted molar refractivity (Wildman–Crippen MR) is 108 cm³/mol. The number of aromatic amines is 1. The summed E-state index contributed by atoms with van der Waals surface area (Å²) in [5.41, 5.74) is 1.31. The fraction of sp³-hybridized carbons (Fsp3) is 0.238. The van der Waals surface area contributed by atoms with Crippen LogP contribution in [-0.4, -0.2) is 38.7 Å². The van der Waals surface area contributed by atoms with E-state index in [2.05, 4.69) is 20.1 Å². The van der Waals surface area contributed by atoms with Crippen molar-refractivity contribution in [3.63, 3.8) is 0 Å². The Kier molecular flexibility index (Phi) is 5.35. The van der Waals surface area contributed by atoms with Crippen LogP contribution in [0, 0.1) is 0 Å². The molecule has 0 unspecified atom stereocenters. The summed E-state index contributed by atoms with van der Waals surface area (Å²) in [6.07, 6.45) is 0. The maximum absolute atomic E-state index is 12.2. The van der Waals surface area contributed by atoms with Gasteiger partial charge >= 0.3 is 0 Å². The molecule has 0 amide bonds. The SMILES string of the molecule is CCOc1ccccc1-c1noc(CN(C)Cc2nc3ccccc3c(=O)[nH]2)n1. The molecule has 0 aliphatic heterocycles. The van der Waals surface area contributed by atoms with Gasteiger partial charge < -0.3 is 14.2 Å². The first-order chi connectivity index (χ1) is 14.1. The molecule has 0 saturated carbocycles. The van der Waals surface area contributed by atoms with Crippen LogP contribution in [0.5, 0.6) is 5.75 Å². The van der Waals surface area contributed by atoms with Gasteiger partial charge in [-0.25, -0.2) is 4.98 Å². The minimum absolute atomic E-state index is 0.147. The molecule has 4 aromatic rings. The lowest BCUT2D eigenvalue weighted by atomic mass is 10.2. The van der Waals surface area contributed by atoms with E-state index in [4.69, 9.17) is 9.26 Å². The van der Waals surface area contributed by atoms with E-state index in [0.717, 1.165) is 5.56 Å².